The largest absolute Gasteiger partial charge is 0.339 e. The van der Waals surface area contributed by atoms with Crippen LogP contribution in [0.4, 0.5) is 0 Å². The van der Waals surface area contributed by atoms with E-state index in [0.717, 1.165) is 25.1 Å². The molecule has 104 valence electrons. The van der Waals surface area contributed by atoms with E-state index in [0.29, 0.717) is 6.54 Å². The van der Waals surface area contributed by atoms with Crippen LogP contribution in [0.15, 0.2) is 5.51 Å². The standard InChI is InChI=1S/C11H17N3OS.2ClH/c1-8-10(16-7-13-8)6-14(2)11(15)9-4-3-5-12-9;;/h7,9,12H,3-6H2,1-2H3;2*1H/t9-;;/m0../s1. The van der Waals surface area contributed by atoms with Crippen LogP contribution < -0.4 is 5.32 Å². The molecule has 0 saturated carbocycles. The number of rotatable bonds is 3. The van der Waals surface area contributed by atoms with Gasteiger partial charge in [-0.3, -0.25) is 4.79 Å². The topological polar surface area (TPSA) is 45.2 Å². The van der Waals surface area contributed by atoms with Gasteiger partial charge >= 0.3 is 0 Å². The molecule has 1 aromatic rings. The van der Waals surface area contributed by atoms with E-state index in [-0.39, 0.29) is 36.8 Å². The number of aromatic nitrogens is 1. The van der Waals surface area contributed by atoms with E-state index in [9.17, 15) is 4.79 Å². The van der Waals surface area contributed by atoms with Gasteiger partial charge in [-0.15, -0.1) is 36.2 Å². The summed E-state index contributed by atoms with van der Waals surface area (Å²) in [5, 5.41) is 3.23. The van der Waals surface area contributed by atoms with Crippen LogP contribution >= 0.6 is 36.2 Å². The second kappa shape index (κ2) is 7.94. The molecule has 2 rings (SSSR count). The third-order valence-electron chi connectivity index (χ3n) is 2.96. The first-order valence-electron chi connectivity index (χ1n) is 5.56. The van der Waals surface area contributed by atoms with Gasteiger partial charge < -0.3 is 10.2 Å². The van der Waals surface area contributed by atoms with Crippen LogP contribution in [0, 0.1) is 6.92 Å². The Labute approximate surface area is 124 Å². The molecule has 0 aromatic carbocycles. The SMILES string of the molecule is Cc1ncsc1CN(C)C(=O)[C@@H]1CCCN1.Cl.Cl. The first-order chi connectivity index (χ1) is 7.68. The van der Waals surface area contributed by atoms with E-state index < -0.39 is 0 Å². The Kier molecular flexibility index (Phi) is 7.78. The Morgan fingerprint density at radius 2 is 2.33 bits per heavy atom. The number of nitrogens with zero attached hydrogens (tertiary/aromatic N) is 2. The third kappa shape index (κ3) is 4.09. The highest BCUT2D eigenvalue weighted by atomic mass is 35.5. The fraction of sp³-hybridized carbons (Fsp3) is 0.636. The molecule has 1 aliphatic heterocycles. The first kappa shape index (κ1) is 17.6. The Morgan fingerprint density at radius 3 is 2.83 bits per heavy atom. The van der Waals surface area contributed by atoms with Crippen molar-refractivity contribution >= 4 is 42.1 Å². The molecule has 1 saturated heterocycles. The number of hydrogen-bond donors (Lipinski definition) is 1. The molecule has 0 unspecified atom stereocenters. The molecule has 1 fully saturated rings. The lowest BCUT2D eigenvalue weighted by molar-refractivity contribution is -0.132. The molecule has 0 aliphatic carbocycles. The van der Waals surface area contributed by atoms with Crippen LogP contribution in [0.5, 0.6) is 0 Å². The first-order valence-corrected chi connectivity index (χ1v) is 6.44. The normalized spacial score (nSPS) is 17.8. The minimum Gasteiger partial charge on any atom is -0.339 e. The summed E-state index contributed by atoms with van der Waals surface area (Å²) in [6.45, 7) is 3.62. The molecule has 1 amide bonds. The number of halogens is 2. The Balaban J connectivity index is 0.00000144. The average molecular weight is 312 g/mol. The van der Waals surface area contributed by atoms with E-state index in [4.69, 9.17) is 0 Å². The van der Waals surface area contributed by atoms with Gasteiger partial charge in [0, 0.05) is 11.9 Å². The van der Waals surface area contributed by atoms with Crippen molar-refractivity contribution in [2.24, 2.45) is 0 Å². The van der Waals surface area contributed by atoms with Gasteiger partial charge in [-0.05, 0) is 26.3 Å². The predicted molar refractivity (Wildman–Crippen MR) is 78.8 cm³/mol. The van der Waals surface area contributed by atoms with Crippen molar-refractivity contribution in [1.29, 1.82) is 0 Å². The maximum atomic E-state index is 12.0. The van der Waals surface area contributed by atoms with E-state index in [1.54, 1.807) is 16.2 Å². The predicted octanol–water partition coefficient (Wildman–Crippen LogP) is 2.01. The summed E-state index contributed by atoms with van der Waals surface area (Å²) in [7, 11) is 1.86. The average Bonchev–Trinajstić information content (AvgIpc) is 2.89. The zero-order valence-electron chi connectivity index (χ0n) is 10.5. The van der Waals surface area contributed by atoms with Gasteiger partial charge in [-0.1, -0.05) is 0 Å². The molecule has 4 nitrogen and oxygen atoms in total. The Hall–Kier alpha value is -0.360. The van der Waals surface area contributed by atoms with Crippen molar-refractivity contribution in [2.45, 2.75) is 32.4 Å². The van der Waals surface area contributed by atoms with Crippen molar-refractivity contribution in [3.05, 3.63) is 16.1 Å². The van der Waals surface area contributed by atoms with Gasteiger partial charge in [0.25, 0.3) is 0 Å². The summed E-state index contributed by atoms with van der Waals surface area (Å²) in [6, 6.07) is 0.0261. The van der Waals surface area contributed by atoms with E-state index in [1.807, 2.05) is 19.5 Å². The summed E-state index contributed by atoms with van der Waals surface area (Å²) >= 11 is 1.61. The van der Waals surface area contributed by atoms with Crippen LogP contribution in [0.1, 0.15) is 23.4 Å². The minimum absolute atomic E-state index is 0. The van der Waals surface area contributed by atoms with E-state index in [2.05, 4.69) is 10.3 Å². The van der Waals surface area contributed by atoms with E-state index >= 15 is 0 Å². The van der Waals surface area contributed by atoms with Crippen LogP contribution in [-0.4, -0.2) is 35.4 Å². The highest BCUT2D eigenvalue weighted by Crippen LogP contribution is 2.16. The van der Waals surface area contributed by atoms with Crippen molar-refractivity contribution < 1.29 is 4.79 Å². The second-order valence-corrected chi connectivity index (χ2v) is 5.14. The Bertz CT molecular complexity index is 380. The third-order valence-corrected chi connectivity index (χ3v) is 3.88. The molecule has 0 radical (unpaired) electrons. The van der Waals surface area contributed by atoms with Crippen molar-refractivity contribution in [3.63, 3.8) is 0 Å². The second-order valence-electron chi connectivity index (χ2n) is 4.20. The van der Waals surface area contributed by atoms with Crippen molar-refractivity contribution in [2.75, 3.05) is 13.6 Å². The number of hydrogen-bond acceptors (Lipinski definition) is 4. The molecule has 1 aliphatic rings. The summed E-state index contributed by atoms with van der Waals surface area (Å²) in [4.78, 5) is 19.2. The highest BCUT2D eigenvalue weighted by molar-refractivity contribution is 7.09. The fourth-order valence-electron chi connectivity index (χ4n) is 1.93. The zero-order chi connectivity index (χ0) is 11.5. The number of aryl methyl sites for hydroxylation is 1. The maximum Gasteiger partial charge on any atom is 0.239 e. The van der Waals surface area contributed by atoms with Crippen LogP contribution in [0.2, 0.25) is 0 Å². The molecule has 0 spiro atoms. The molecule has 1 atom stereocenters. The van der Waals surface area contributed by atoms with Crippen LogP contribution in [-0.2, 0) is 11.3 Å². The van der Waals surface area contributed by atoms with Gasteiger partial charge in [0.1, 0.15) is 0 Å². The molecule has 1 aromatic heterocycles. The molecule has 7 heteroatoms. The summed E-state index contributed by atoms with van der Waals surface area (Å²) in [5.41, 5.74) is 2.86. The number of carbonyl (C=O) groups is 1. The molecule has 18 heavy (non-hydrogen) atoms. The molecular formula is C11H19Cl2N3OS. The van der Waals surface area contributed by atoms with Gasteiger partial charge in [0.2, 0.25) is 5.91 Å². The lowest BCUT2D eigenvalue weighted by Crippen LogP contribution is -2.41. The van der Waals surface area contributed by atoms with Crippen molar-refractivity contribution in [3.8, 4) is 0 Å². The highest BCUT2D eigenvalue weighted by Gasteiger charge is 2.25. The number of amides is 1. The van der Waals surface area contributed by atoms with Crippen molar-refractivity contribution in [1.82, 2.24) is 15.2 Å². The molecule has 1 N–H and O–H groups in total. The van der Waals surface area contributed by atoms with Crippen LogP contribution in [0.3, 0.4) is 0 Å². The minimum atomic E-state index is 0. The zero-order valence-corrected chi connectivity index (χ0v) is 13.0. The fourth-order valence-corrected chi connectivity index (χ4v) is 2.76. The summed E-state index contributed by atoms with van der Waals surface area (Å²) < 4.78 is 0. The molecule has 0 bridgehead atoms. The molecular weight excluding hydrogens is 293 g/mol. The Morgan fingerprint density at radius 1 is 1.61 bits per heavy atom. The summed E-state index contributed by atoms with van der Waals surface area (Å²) in [5.74, 6) is 0.199. The lowest BCUT2D eigenvalue weighted by atomic mass is 10.2. The van der Waals surface area contributed by atoms with Gasteiger partial charge in [0.05, 0.1) is 23.8 Å². The van der Waals surface area contributed by atoms with E-state index in [1.165, 1.54) is 4.88 Å². The number of likely N-dealkylation sites (N-methyl/N-ethyl adjacent to an activating group) is 1. The van der Waals surface area contributed by atoms with Gasteiger partial charge in [0.15, 0.2) is 0 Å². The van der Waals surface area contributed by atoms with Gasteiger partial charge in [-0.25, -0.2) is 4.98 Å². The van der Waals surface area contributed by atoms with Gasteiger partial charge in [-0.2, -0.15) is 0 Å². The maximum absolute atomic E-state index is 12.0. The smallest absolute Gasteiger partial charge is 0.239 e. The lowest BCUT2D eigenvalue weighted by Gasteiger charge is -2.20. The summed E-state index contributed by atoms with van der Waals surface area (Å²) in [6.07, 6.45) is 2.06. The molecule has 2 heterocycles. The van der Waals surface area contributed by atoms with Crippen LogP contribution in [0.25, 0.3) is 0 Å². The number of thiazole rings is 1. The number of nitrogens with one attached hydrogen (secondary N) is 1. The number of carbonyl (C=O) groups excluding carboxylic acids is 1. The monoisotopic (exact) mass is 311 g/mol. The quantitative estimate of drug-likeness (QED) is 0.928.